The summed E-state index contributed by atoms with van der Waals surface area (Å²) in [6.45, 7) is 15.3. The second kappa shape index (κ2) is 5.58. The Hall–Kier alpha value is -1.98. The number of nitrogens with zero attached hydrogens (tertiary/aromatic N) is 2. The molecule has 128 valence electrons. The summed E-state index contributed by atoms with van der Waals surface area (Å²) in [7, 11) is 0. The van der Waals surface area contributed by atoms with Gasteiger partial charge < -0.3 is 16.0 Å². The van der Waals surface area contributed by atoms with Gasteiger partial charge in [-0.25, -0.2) is 0 Å². The number of carbonyl (C=O) groups excluding carboxylic acids is 1. The lowest BCUT2D eigenvalue weighted by Gasteiger charge is -2.34. The van der Waals surface area contributed by atoms with Crippen molar-refractivity contribution in [3.05, 3.63) is 17.5 Å². The number of imidazole rings is 1. The summed E-state index contributed by atoms with van der Waals surface area (Å²) in [6.07, 6.45) is 2.51. The average Bonchev–Trinajstić information content (AvgIpc) is 2.85. The summed E-state index contributed by atoms with van der Waals surface area (Å²) in [6, 6.07) is 0. The van der Waals surface area contributed by atoms with E-state index in [0.29, 0.717) is 11.2 Å². The van der Waals surface area contributed by atoms with Crippen molar-refractivity contribution in [2.45, 2.75) is 66.3 Å². The van der Waals surface area contributed by atoms with Crippen molar-refractivity contribution in [1.29, 1.82) is 0 Å². The van der Waals surface area contributed by atoms with Crippen molar-refractivity contribution in [2.75, 3.05) is 5.32 Å². The van der Waals surface area contributed by atoms with Crippen LogP contribution in [0.5, 0.6) is 0 Å². The van der Waals surface area contributed by atoms with Crippen LogP contribution >= 0.6 is 0 Å². The number of nitrogens with one attached hydrogen (secondary N) is 2. The number of aromatic nitrogens is 3. The van der Waals surface area contributed by atoms with Gasteiger partial charge in [-0.05, 0) is 31.6 Å². The zero-order valence-electron chi connectivity index (χ0n) is 15.2. The molecule has 0 saturated heterocycles. The lowest BCUT2D eigenvalue weighted by molar-refractivity contribution is 0.100. The first-order valence-electron chi connectivity index (χ1n) is 8.09. The number of rotatable bonds is 5. The number of hydrogen-bond donors (Lipinski definition) is 3. The normalized spacial score (nSPS) is 13.0. The fourth-order valence-electron chi connectivity index (χ4n) is 3.35. The SMILES string of the molecule is CC(C)c1[nH]c2c(C(N)=O)cnn2c1NC(C)(C)CC(C)(C)C. The molecule has 0 spiro atoms. The van der Waals surface area contributed by atoms with E-state index in [1.165, 1.54) is 6.20 Å². The second-order valence-corrected chi connectivity index (χ2v) is 8.47. The van der Waals surface area contributed by atoms with Crippen molar-refractivity contribution in [3.63, 3.8) is 0 Å². The van der Waals surface area contributed by atoms with E-state index < -0.39 is 5.91 Å². The monoisotopic (exact) mass is 319 g/mol. The smallest absolute Gasteiger partial charge is 0.254 e. The molecule has 2 heterocycles. The Bertz CT molecular complexity index is 715. The molecule has 0 saturated carbocycles. The third-order valence-electron chi connectivity index (χ3n) is 3.76. The number of carbonyl (C=O) groups is 1. The molecule has 1 amide bonds. The highest BCUT2D eigenvalue weighted by Crippen LogP contribution is 2.33. The Morgan fingerprint density at radius 1 is 1.35 bits per heavy atom. The van der Waals surface area contributed by atoms with E-state index in [0.717, 1.165) is 17.9 Å². The molecule has 0 aliphatic carbocycles. The Labute approximate surface area is 137 Å². The molecule has 0 fully saturated rings. The molecular weight excluding hydrogens is 290 g/mol. The largest absolute Gasteiger partial charge is 0.365 e. The van der Waals surface area contributed by atoms with E-state index in [1.807, 2.05) is 0 Å². The number of H-pyrrole nitrogens is 1. The van der Waals surface area contributed by atoms with Gasteiger partial charge in [-0.1, -0.05) is 34.6 Å². The number of nitrogens with two attached hydrogens (primary N) is 1. The topological polar surface area (TPSA) is 88.2 Å². The molecule has 6 heteroatoms. The molecule has 0 atom stereocenters. The fourth-order valence-corrected chi connectivity index (χ4v) is 3.35. The number of amides is 1. The van der Waals surface area contributed by atoms with E-state index in [1.54, 1.807) is 4.52 Å². The Balaban J connectivity index is 2.50. The van der Waals surface area contributed by atoms with E-state index in [2.05, 4.69) is 63.9 Å². The van der Waals surface area contributed by atoms with Crippen molar-refractivity contribution < 1.29 is 4.79 Å². The molecule has 23 heavy (non-hydrogen) atoms. The van der Waals surface area contributed by atoms with Gasteiger partial charge >= 0.3 is 0 Å². The van der Waals surface area contributed by atoms with Crippen molar-refractivity contribution in [1.82, 2.24) is 14.6 Å². The van der Waals surface area contributed by atoms with Gasteiger partial charge in [0, 0.05) is 5.54 Å². The predicted octanol–water partition coefficient (Wildman–Crippen LogP) is 3.51. The van der Waals surface area contributed by atoms with Gasteiger partial charge in [0.2, 0.25) is 0 Å². The third-order valence-corrected chi connectivity index (χ3v) is 3.76. The maximum absolute atomic E-state index is 11.6. The lowest BCUT2D eigenvalue weighted by atomic mass is 9.82. The van der Waals surface area contributed by atoms with Gasteiger partial charge in [-0.2, -0.15) is 9.61 Å². The Morgan fingerprint density at radius 2 is 1.96 bits per heavy atom. The van der Waals surface area contributed by atoms with E-state index in [9.17, 15) is 4.79 Å². The predicted molar refractivity (Wildman–Crippen MR) is 93.9 cm³/mol. The van der Waals surface area contributed by atoms with Crippen LogP contribution in [0.15, 0.2) is 6.20 Å². The maximum atomic E-state index is 11.6. The second-order valence-electron chi connectivity index (χ2n) is 8.47. The molecular formula is C17H29N5O. The van der Waals surface area contributed by atoms with Crippen LogP contribution in [-0.4, -0.2) is 26.0 Å². The van der Waals surface area contributed by atoms with Gasteiger partial charge in [-0.3, -0.25) is 4.79 Å². The fraction of sp³-hybridized carbons (Fsp3) is 0.647. The molecule has 2 rings (SSSR count). The Morgan fingerprint density at radius 3 is 2.43 bits per heavy atom. The highest BCUT2D eigenvalue weighted by atomic mass is 16.1. The highest BCUT2D eigenvalue weighted by molar-refractivity contribution is 5.99. The lowest BCUT2D eigenvalue weighted by Crippen LogP contribution is -2.36. The van der Waals surface area contributed by atoms with Crippen molar-refractivity contribution >= 4 is 17.4 Å². The summed E-state index contributed by atoms with van der Waals surface area (Å²) >= 11 is 0. The van der Waals surface area contributed by atoms with Gasteiger partial charge in [0.05, 0.1) is 11.9 Å². The molecule has 2 aromatic heterocycles. The standard InChI is InChI=1S/C17H29N5O/c1-10(2)12-15(21-17(6,7)9-16(3,4)5)22-14(20-12)11(8-19-22)13(18)23/h8,10,20-21H,9H2,1-7H3,(H2,18,23). The number of anilines is 1. The first kappa shape index (κ1) is 17.4. The Kier molecular flexibility index (Phi) is 4.22. The van der Waals surface area contributed by atoms with Crippen LogP contribution in [0.4, 0.5) is 5.82 Å². The molecule has 0 radical (unpaired) electrons. The van der Waals surface area contributed by atoms with E-state index in [-0.39, 0.29) is 16.9 Å². The molecule has 0 aromatic carbocycles. The minimum absolute atomic E-state index is 0.115. The molecule has 0 bridgehead atoms. The first-order valence-corrected chi connectivity index (χ1v) is 8.09. The van der Waals surface area contributed by atoms with Crippen LogP contribution in [0.1, 0.15) is 76.9 Å². The number of primary amides is 1. The zero-order valence-corrected chi connectivity index (χ0v) is 15.2. The molecule has 6 nitrogen and oxygen atoms in total. The highest BCUT2D eigenvalue weighted by Gasteiger charge is 2.29. The molecule has 0 unspecified atom stereocenters. The van der Waals surface area contributed by atoms with Gasteiger partial charge in [-0.15, -0.1) is 0 Å². The van der Waals surface area contributed by atoms with Gasteiger partial charge in [0.25, 0.3) is 5.91 Å². The number of aromatic amines is 1. The molecule has 2 aromatic rings. The van der Waals surface area contributed by atoms with E-state index >= 15 is 0 Å². The quantitative estimate of drug-likeness (QED) is 0.788. The summed E-state index contributed by atoms with van der Waals surface area (Å²) in [5, 5.41) is 7.96. The first-order chi connectivity index (χ1) is 10.4. The summed E-state index contributed by atoms with van der Waals surface area (Å²) in [5.41, 5.74) is 7.61. The van der Waals surface area contributed by atoms with Crippen molar-refractivity contribution in [2.24, 2.45) is 11.1 Å². The van der Waals surface area contributed by atoms with Crippen LogP contribution in [0.25, 0.3) is 5.65 Å². The van der Waals surface area contributed by atoms with Crippen LogP contribution in [0.2, 0.25) is 0 Å². The zero-order chi connectivity index (χ0) is 17.6. The molecule has 0 aliphatic heterocycles. The summed E-state index contributed by atoms with van der Waals surface area (Å²) in [5.74, 6) is 0.694. The van der Waals surface area contributed by atoms with Crippen LogP contribution in [0.3, 0.4) is 0 Å². The van der Waals surface area contributed by atoms with Crippen LogP contribution in [0, 0.1) is 5.41 Å². The van der Waals surface area contributed by atoms with Gasteiger partial charge in [0.1, 0.15) is 17.0 Å². The number of fused-ring (bicyclic) bond motifs is 1. The maximum Gasteiger partial charge on any atom is 0.254 e. The minimum Gasteiger partial charge on any atom is -0.365 e. The van der Waals surface area contributed by atoms with Gasteiger partial charge in [0.15, 0.2) is 0 Å². The minimum atomic E-state index is -0.475. The molecule has 4 N–H and O–H groups in total. The van der Waals surface area contributed by atoms with Crippen molar-refractivity contribution in [3.8, 4) is 0 Å². The summed E-state index contributed by atoms with van der Waals surface area (Å²) in [4.78, 5) is 14.9. The average molecular weight is 319 g/mol. The molecule has 0 aliphatic rings. The van der Waals surface area contributed by atoms with E-state index in [4.69, 9.17) is 5.73 Å². The van der Waals surface area contributed by atoms with Crippen LogP contribution < -0.4 is 11.1 Å². The summed E-state index contributed by atoms with van der Waals surface area (Å²) < 4.78 is 1.75. The number of hydrogen-bond acceptors (Lipinski definition) is 3. The third kappa shape index (κ3) is 3.68. The van der Waals surface area contributed by atoms with Crippen LogP contribution in [-0.2, 0) is 0 Å².